The summed E-state index contributed by atoms with van der Waals surface area (Å²) in [4.78, 5) is 38.2. The fourth-order valence-electron chi connectivity index (χ4n) is 5.67. The zero-order valence-corrected chi connectivity index (χ0v) is 18.8. The molecule has 3 fully saturated rings. The van der Waals surface area contributed by atoms with E-state index in [0.717, 1.165) is 18.4 Å². The zero-order valence-electron chi connectivity index (χ0n) is 18.0. The smallest absolute Gasteiger partial charge is 0.315 e. The summed E-state index contributed by atoms with van der Waals surface area (Å²) in [5.74, 6) is 0.0529. The van der Waals surface area contributed by atoms with Crippen molar-refractivity contribution in [3.63, 3.8) is 0 Å². The number of hydrogen-bond acceptors (Lipinski definition) is 7. The Morgan fingerprint density at radius 2 is 2.03 bits per heavy atom. The SMILES string of the molecule is O=C1CCC(N2Cc3c(Cl)cc(CNc4nnc(C5CC6(CCC6)C5)o4)cc3C2=O)C(=O)N1. The number of benzene rings is 1. The Labute approximate surface area is 195 Å². The van der Waals surface area contributed by atoms with Crippen LogP contribution in [0.5, 0.6) is 0 Å². The summed E-state index contributed by atoms with van der Waals surface area (Å²) in [6.07, 6.45) is 6.79. The third-order valence-corrected chi connectivity index (χ3v) is 8.01. The highest BCUT2D eigenvalue weighted by atomic mass is 35.5. The molecular weight excluding hydrogens is 446 g/mol. The Morgan fingerprint density at radius 3 is 2.76 bits per heavy atom. The van der Waals surface area contributed by atoms with Gasteiger partial charge in [0, 0.05) is 41.6 Å². The summed E-state index contributed by atoms with van der Waals surface area (Å²) < 4.78 is 5.82. The number of carbonyl (C=O) groups is 3. The van der Waals surface area contributed by atoms with Gasteiger partial charge in [-0.05, 0) is 55.2 Å². The minimum absolute atomic E-state index is 0.216. The molecule has 10 heteroatoms. The number of hydrogen-bond donors (Lipinski definition) is 2. The van der Waals surface area contributed by atoms with Crippen molar-refractivity contribution in [2.24, 2.45) is 5.41 Å². The lowest BCUT2D eigenvalue weighted by molar-refractivity contribution is -0.136. The molecule has 6 rings (SSSR count). The van der Waals surface area contributed by atoms with Crippen LogP contribution in [0.15, 0.2) is 16.5 Å². The molecule has 1 spiro atoms. The summed E-state index contributed by atoms with van der Waals surface area (Å²) in [5.41, 5.74) is 2.52. The first-order valence-corrected chi connectivity index (χ1v) is 11.8. The third kappa shape index (κ3) is 3.49. The van der Waals surface area contributed by atoms with E-state index < -0.39 is 11.9 Å². The molecule has 2 N–H and O–H groups in total. The van der Waals surface area contributed by atoms with Crippen LogP contribution in [-0.2, 0) is 22.7 Å². The number of carbonyl (C=O) groups excluding carboxylic acids is 3. The molecule has 1 unspecified atom stereocenters. The molecule has 33 heavy (non-hydrogen) atoms. The van der Waals surface area contributed by atoms with Crippen LogP contribution in [0.4, 0.5) is 6.01 Å². The average Bonchev–Trinajstić information content (AvgIpc) is 3.30. The van der Waals surface area contributed by atoms with Crippen molar-refractivity contribution in [3.8, 4) is 0 Å². The molecule has 9 nitrogen and oxygen atoms in total. The van der Waals surface area contributed by atoms with Crippen LogP contribution in [0.3, 0.4) is 0 Å². The van der Waals surface area contributed by atoms with Crippen LogP contribution >= 0.6 is 11.6 Å². The van der Waals surface area contributed by atoms with Gasteiger partial charge in [-0.25, -0.2) is 0 Å². The molecular formula is C23H24ClN5O4. The lowest BCUT2D eigenvalue weighted by Gasteiger charge is -2.53. The number of rotatable bonds is 5. The number of fused-ring (bicyclic) bond motifs is 1. The lowest BCUT2D eigenvalue weighted by atomic mass is 9.52. The quantitative estimate of drug-likeness (QED) is 0.646. The topological polar surface area (TPSA) is 117 Å². The van der Waals surface area contributed by atoms with Gasteiger partial charge < -0.3 is 14.6 Å². The van der Waals surface area contributed by atoms with Crippen molar-refractivity contribution in [2.75, 3.05) is 5.32 Å². The van der Waals surface area contributed by atoms with E-state index in [9.17, 15) is 14.4 Å². The van der Waals surface area contributed by atoms with E-state index in [4.69, 9.17) is 16.0 Å². The van der Waals surface area contributed by atoms with Gasteiger partial charge in [-0.3, -0.25) is 19.7 Å². The predicted molar refractivity (Wildman–Crippen MR) is 117 cm³/mol. The minimum Gasteiger partial charge on any atom is -0.408 e. The monoisotopic (exact) mass is 469 g/mol. The van der Waals surface area contributed by atoms with Gasteiger partial charge in [0.15, 0.2) is 0 Å². The molecule has 2 saturated carbocycles. The predicted octanol–water partition coefficient (Wildman–Crippen LogP) is 3.14. The molecule has 1 saturated heterocycles. The normalized spacial score (nSPS) is 23.8. The summed E-state index contributed by atoms with van der Waals surface area (Å²) in [5, 5.41) is 14.2. The van der Waals surface area contributed by atoms with Crippen molar-refractivity contribution in [1.82, 2.24) is 20.4 Å². The number of nitrogens with one attached hydrogen (secondary N) is 2. The summed E-state index contributed by atoms with van der Waals surface area (Å²) in [7, 11) is 0. The van der Waals surface area contributed by atoms with E-state index in [-0.39, 0.29) is 24.8 Å². The Balaban J connectivity index is 1.12. The molecule has 1 aromatic carbocycles. The summed E-state index contributed by atoms with van der Waals surface area (Å²) in [6.45, 7) is 0.623. The van der Waals surface area contributed by atoms with E-state index in [0.29, 0.717) is 52.4 Å². The van der Waals surface area contributed by atoms with E-state index in [1.165, 1.54) is 24.2 Å². The molecule has 1 atom stereocenters. The standard InChI is InChI=1S/C23H24ClN5O4/c24-16-7-12(10-25-22-28-27-20(33-22)13-8-23(9-13)4-1-5-23)6-14-15(16)11-29(21(14)32)17-2-3-18(30)26-19(17)31/h6-7,13,17H,1-5,8-11H2,(H,25,28)(H,26,30,31). The van der Waals surface area contributed by atoms with Crippen molar-refractivity contribution >= 4 is 35.3 Å². The second-order valence-corrected chi connectivity index (χ2v) is 10.2. The minimum atomic E-state index is -0.664. The first kappa shape index (κ1) is 20.7. The Hall–Kier alpha value is -2.94. The molecule has 2 aliphatic carbocycles. The van der Waals surface area contributed by atoms with Crippen LogP contribution in [-0.4, -0.2) is 38.9 Å². The first-order valence-electron chi connectivity index (χ1n) is 11.4. The largest absolute Gasteiger partial charge is 0.408 e. The number of aromatic nitrogens is 2. The van der Waals surface area contributed by atoms with Gasteiger partial charge in [-0.15, -0.1) is 5.10 Å². The maximum atomic E-state index is 13.0. The Bertz CT molecular complexity index is 1170. The maximum Gasteiger partial charge on any atom is 0.315 e. The van der Waals surface area contributed by atoms with Crippen molar-refractivity contribution in [1.29, 1.82) is 0 Å². The molecule has 2 aromatic rings. The fourth-order valence-corrected chi connectivity index (χ4v) is 5.97. The first-order chi connectivity index (χ1) is 15.9. The fraction of sp³-hybridized carbons (Fsp3) is 0.522. The molecule has 3 amide bonds. The number of nitrogens with zero attached hydrogens (tertiary/aromatic N) is 3. The van der Waals surface area contributed by atoms with E-state index in [1.807, 2.05) is 0 Å². The Morgan fingerprint density at radius 1 is 1.21 bits per heavy atom. The molecule has 0 bridgehead atoms. The molecule has 4 aliphatic rings. The van der Waals surface area contributed by atoms with Gasteiger partial charge in [-0.1, -0.05) is 23.1 Å². The second kappa shape index (κ2) is 7.55. The summed E-state index contributed by atoms with van der Waals surface area (Å²) in [6, 6.07) is 3.28. The van der Waals surface area contributed by atoms with Crippen LogP contribution < -0.4 is 10.6 Å². The number of amides is 3. The highest BCUT2D eigenvalue weighted by Gasteiger charge is 2.50. The average molecular weight is 470 g/mol. The number of imide groups is 1. The third-order valence-electron chi connectivity index (χ3n) is 7.67. The van der Waals surface area contributed by atoms with Gasteiger partial charge in [0.2, 0.25) is 17.7 Å². The molecule has 0 radical (unpaired) electrons. The van der Waals surface area contributed by atoms with Crippen LogP contribution in [0.25, 0.3) is 0 Å². The van der Waals surface area contributed by atoms with Gasteiger partial charge in [-0.2, -0.15) is 0 Å². The second-order valence-electron chi connectivity index (χ2n) is 9.76. The molecule has 3 heterocycles. The van der Waals surface area contributed by atoms with Crippen LogP contribution in [0, 0.1) is 5.41 Å². The number of anilines is 1. The molecule has 172 valence electrons. The van der Waals surface area contributed by atoms with E-state index in [2.05, 4.69) is 20.8 Å². The van der Waals surface area contributed by atoms with Gasteiger partial charge in [0.25, 0.3) is 5.91 Å². The zero-order chi connectivity index (χ0) is 22.7. The van der Waals surface area contributed by atoms with E-state index >= 15 is 0 Å². The number of halogens is 1. The van der Waals surface area contributed by atoms with Gasteiger partial charge >= 0.3 is 6.01 Å². The summed E-state index contributed by atoms with van der Waals surface area (Å²) >= 11 is 6.49. The highest BCUT2D eigenvalue weighted by molar-refractivity contribution is 6.32. The molecule has 2 aliphatic heterocycles. The lowest BCUT2D eigenvalue weighted by Crippen LogP contribution is -2.52. The van der Waals surface area contributed by atoms with Crippen molar-refractivity contribution < 1.29 is 18.8 Å². The van der Waals surface area contributed by atoms with Gasteiger partial charge in [0.1, 0.15) is 6.04 Å². The van der Waals surface area contributed by atoms with Crippen molar-refractivity contribution in [2.45, 2.75) is 70.0 Å². The highest BCUT2D eigenvalue weighted by Crippen LogP contribution is 2.61. The van der Waals surface area contributed by atoms with E-state index in [1.54, 1.807) is 12.1 Å². The maximum absolute atomic E-state index is 13.0. The number of piperidine rings is 1. The van der Waals surface area contributed by atoms with Crippen LogP contribution in [0.2, 0.25) is 5.02 Å². The van der Waals surface area contributed by atoms with Crippen molar-refractivity contribution in [3.05, 3.63) is 39.7 Å². The van der Waals surface area contributed by atoms with Gasteiger partial charge in [0.05, 0.1) is 0 Å². The Kier molecular flexibility index (Phi) is 4.72. The van der Waals surface area contributed by atoms with Crippen LogP contribution in [0.1, 0.15) is 78.2 Å². The molecule has 1 aromatic heterocycles.